The minimum atomic E-state index is -0.201. The summed E-state index contributed by atoms with van der Waals surface area (Å²) in [5.41, 5.74) is 0.515. The van der Waals surface area contributed by atoms with Gasteiger partial charge in [0.1, 0.15) is 11.9 Å². The first kappa shape index (κ1) is 14.0. The van der Waals surface area contributed by atoms with Gasteiger partial charge in [-0.05, 0) is 31.0 Å². The molecule has 3 rings (SSSR count). The van der Waals surface area contributed by atoms with Crippen LogP contribution in [0.1, 0.15) is 41.0 Å². The quantitative estimate of drug-likeness (QED) is 0.908. The molecule has 1 amide bonds. The normalized spacial score (nSPS) is 17.9. The highest BCUT2D eigenvalue weighted by molar-refractivity contribution is 6.30. The van der Waals surface area contributed by atoms with E-state index in [4.69, 9.17) is 16.3 Å². The smallest absolute Gasteiger partial charge is 0.251 e. The Morgan fingerprint density at radius 2 is 2.43 bits per heavy atom. The lowest BCUT2D eigenvalue weighted by Gasteiger charge is -2.04. The van der Waals surface area contributed by atoms with Crippen molar-refractivity contribution in [2.24, 2.45) is 0 Å². The highest BCUT2D eigenvalue weighted by atomic mass is 35.5. The third-order valence-electron chi connectivity index (χ3n) is 3.27. The van der Waals surface area contributed by atoms with Crippen LogP contribution in [-0.2, 0) is 11.3 Å². The Hall–Kier alpha value is -1.92. The molecule has 21 heavy (non-hydrogen) atoms. The molecule has 1 saturated heterocycles. The van der Waals surface area contributed by atoms with E-state index in [0.29, 0.717) is 22.2 Å². The second-order valence-electron chi connectivity index (χ2n) is 4.83. The van der Waals surface area contributed by atoms with Crippen LogP contribution in [0.5, 0.6) is 0 Å². The minimum Gasteiger partial charge on any atom is -0.370 e. The van der Waals surface area contributed by atoms with Crippen LogP contribution in [-0.4, -0.2) is 27.7 Å². The maximum absolute atomic E-state index is 12.0. The first-order valence-corrected chi connectivity index (χ1v) is 7.17. The maximum atomic E-state index is 12.0. The van der Waals surface area contributed by atoms with Crippen molar-refractivity contribution in [3.63, 3.8) is 0 Å². The average Bonchev–Trinajstić information content (AvgIpc) is 3.15. The number of hydrogen-bond donors (Lipinski definition) is 2. The predicted molar refractivity (Wildman–Crippen MR) is 76.9 cm³/mol. The summed E-state index contributed by atoms with van der Waals surface area (Å²) >= 11 is 5.86. The Kier molecular flexibility index (Phi) is 4.17. The summed E-state index contributed by atoms with van der Waals surface area (Å²) in [6.45, 7) is 1.03. The van der Waals surface area contributed by atoms with Gasteiger partial charge in [0.2, 0.25) is 0 Å². The topological polar surface area (TPSA) is 79.9 Å². The second kappa shape index (κ2) is 6.24. The summed E-state index contributed by atoms with van der Waals surface area (Å²) in [6.07, 6.45) is 1.94. The number of benzene rings is 1. The minimum absolute atomic E-state index is 0.0290. The number of carbonyl (C=O) groups excluding carboxylic acids is 1. The maximum Gasteiger partial charge on any atom is 0.251 e. The highest BCUT2D eigenvalue weighted by Gasteiger charge is 2.21. The lowest BCUT2D eigenvalue weighted by atomic mass is 10.2. The second-order valence-corrected chi connectivity index (χ2v) is 5.27. The summed E-state index contributed by atoms with van der Waals surface area (Å²) < 4.78 is 5.51. The molecule has 0 saturated carbocycles. The van der Waals surface area contributed by atoms with Gasteiger partial charge >= 0.3 is 0 Å². The van der Waals surface area contributed by atoms with Crippen LogP contribution >= 0.6 is 11.6 Å². The highest BCUT2D eigenvalue weighted by Crippen LogP contribution is 2.25. The van der Waals surface area contributed by atoms with Crippen molar-refractivity contribution in [1.82, 2.24) is 20.5 Å². The van der Waals surface area contributed by atoms with E-state index in [1.165, 1.54) is 0 Å². The Morgan fingerprint density at radius 3 is 3.19 bits per heavy atom. The summed E-state index contributed by atoms with van der Waals surface area (Å²) in [7, 11) is 0. The van der Waals surface area contributed by atoms with Gasteiger partial charge in [-0.15, -0.1) is 0 Å². The van der Waals surface area contributed by atoms with Crippen LogP contribution in [0.15, 0.2) is 24.3 Å². The van der Waals surface area contributed by atoms with Gasteiger partial charge in [-0.25, -0.2) is 4.98 Å². The lowest BCUT2D eigenvalue weighted by Crippen LogP contribution is -2.23. The molecule has 1 fully saturated rings. The van der Waals surface area contributed by atoms with Gasteiger partial charge in [0.25, 0.3) is 5.91 Å². The van der Waals surface area contributed by atoms with E-state index in [0.717, 1.165) is 19.4 Å². The van der Waals surface area contributed by atoms with Crippen molar-refractivity contribution in [1.29, 1.82) is 0 Å². The standard InChI is InChI=1S/C14H15ClN4O2/c15-10-4-1-3-9(7-10)14(20)16-8-12-17-13(19-18-12)11-5-2-6-21-11/h1,3-4,7,11H,2,5-6,8H2,(H,16,20)(H,17,18,19). The zero-order valence-electron chi connectivity index (χ0n) is 11.3. The molecule has 1 atom stereocenters. The molecule has 1 aromatic heterocycles. The molecule has 110 valence electrons. The number of ether oxygens (including phenoxy) is 1. The molecule has 2 N–H and O–H groups in total. The van der Waals surface area contributed by atoms with E-state index in [9.17, 15) is 4.79 Å². The van der Waals surface area contributed by atoms with Gasteiger partial charge in [-0.1, -0.05) is 17.7 Å². The van der Waals surface area contributed by atoms with E-state index in [1.54, 1.807) is 24.3 Å². The number of H-pyrrole nitrogens is 1. The molecule has 1 aliphatic heterocycles. The predicted octanol–water partition coefficient (Wildman–Crippen LogP) is 2.24. The number of amides is 1. The van der Waals surface area contributed by atoms with Gasteiger partial charge in [0, 0.05) is 17.2 Å². The zero-order valence-corrected chi connectivity index (χ0v) is 12.1. The Bertz CT molecular complexity index is 637. The largest absolute Gasteiger partial charge is 0.370 e. The molecular weight excluding hydrogens is 292 g/mol. The van der Waals surface area contributed by atoms with Crippen molar-refractivity contribution in [3.05, 3.63) is 46.5 Å². The van der Waals surface area contributed by atoms with E-state index in [1.807, 2.05) is 0 Å². The average molecular weight is 307 g/mol. The molecule has 6 nitrogen and oxygen atoms in total. The van der Waals surface area contributed by atoms with Gasteiger partial charge in [0.05, 0.1) is 6.54 Å². The lowest BCUT2D eigenvalue weighted by molar-refractivity contribution is 0.0950. The number of carbonyl (C=O) groups is 1. The molecule has 0 radical (unpaired) electrons. The first-order chi connectivity index (χ1) is 10.2. The molecule has 2 aromatic rings. The van der Waals surface area contributed by atoms with Gasteiger partial charge in [-0.2, -0.15) is 5.10 Å². The van der Waals surface area contributed by atoms with Gasteiger partial charge < -0.3 is 10.1 Å². The molecule has 0 bridgehead atoms. The molecule has 1 unspecified atom stereocenters. The van der Waals surface area contributed by atoms with Crippen LogP contribution < -0.4 is 5.32 Å². The number of nitrogens with one attached hydrogen (secondary N) is 2. The van der Waals surface area contributed by atoms with Gasteiger partial charge in [0.15, 0.2) is 5.82 Å². The number of hydrogen-bond acceptors (Lipinski definition) is 4. The van der Waals surface area contributed by atoms with E-state index >= 15 is 0 Å². The van der Waals surface area contributed by atoms with E-state index in [2.05, 4.69) is 20.5 Å². The SMILES string of the molecule is O=C(NCc1nc(C2CCCO2)n[nH]1)c1cccc(Cl)c1. The van der Waals surface area contributed by atoms with Crippen molar-refractivity contribution < 1.29 is 9.53 Å². The number of nitrogens with zero attached hydrogens (tertiary/aromatic N) is 2. The molecule has 1 aromatic carbocycles. The van der Waals surface area contributed by atoms with E-state index in [-0.39, 0.29) is 18.6 Å². The number of halogens is 1. The van der Waals surface area contributed by atoms with Crippen molar-refractivity contribution >= 4 is 17.5 Å². The fraction of sp³-hybridized carbons (Fsp3) is 0.357. The Labute approximate surface area is 126 Å². The van der Waals surface area contributed by atoms with Crippen molar-refractivity contribution in [3.8, 4) is 0 Å². The monoisotopic (exact) mass is 306 g/mol. The zero-order chi connectivity index (χ0) is 14.7. The number of aromatic amines is 1. The van der Waals surface area contributed by atoms with Crippen LogP contribution in [0.4, 0.5) is 0 Å². The molecular formula is C14H15ClN4O2. The molecule has 7 heteroatoms. The van der Waals surface area contributed by atoms with Crippen LogP contribution in [0.3, 0.4) is 0 Å². The Balaban J connectivity index is 1.58. The van der Waals surface area contributed by atoms with E-state index < -0.39 is 0 Å². The fourth-order valence-corrected chi connectivity index (χ4v) is 2.40. The summed E-state index contributed by atoms with van der Waals surface area (Å²) in [4.78, 5) is 16.3. The van der Waals surface area contributed by atoms with Crippen molar-refractivity contribution in [2.45, 2.75) is 25.5 Å². The Morgan fingerprint density at radius 1 is 1.52 bits per heavy atom. The van der Waals surface area contributed by atoms with Crippen LogP contribution in [0, 0.1) is 0 Å². The van der Waals surface area contributed by atoms with Crippen LogP contribution in [0.2, 0.25) is 5.02 Å². The third-order valence-corrected chi connectivity index (χ3v) is 3.50. The van der Waals surface area contributed by atoms with Crippen molar-refractivity contribution in [2.75, 3.05) is 6.61 Å². The fourth-order valence-electron chi connectivity index (χ4n) is 2.21. The van der Waals surface area contributed by atoms with Crippen LogP contribution in [0.25, 0.3) is 0 Å². The summed E-state index contributed by atoms with van der Waals surface area (Å²) in [5.74, 6) is 1.06. The first-order valence-electron chi connectivity index (χ1n) is 6.79. The number of rotatable bonds is 4. The molecule has 2 heterocycles. The molecule has 1 aliphatic rings. The van der Waals surface area contributed by atoms with Gasteiger partial charge in [-0.3, -0.25) is 9.89 Å². The molecule has 0 aliphatic carbocycles. The molecule has 0 spiro atoms. The summed E-state index contributed by atoms with van der Waals surface area (Å²) in [5, 5.41) is 10.3. The number of aromatic nitrogens is 3. The summed E-state index contributed by atoms with van der Waals surface area (Å²) in [6, 6.07) is 6.79. The third kappa shape index (κ3) is 3.40.